The van der Waals surface area contributed by atoms with Gasteiger partial charge in [-0.2, -0.15) is 0 Å². The average Bonchev–Trinajstić information content (AvgIpc) is 3.00. The molecule has 0 radical (unpaired) electrons. The molecular formula is C11H18N2O3. The minimum atomic E-state index is -0.260. The van der Waals surface area contributed by atoms with Gasteiger partial charge in [0.05, 0.1) is 6.61 Å². The molecule has 16 heavy (non-hydrogen) atoms. The van der Waals surface area contributed by atoms with Crippen LogP contribution in [0.3, 0.4) is 0 Å². The molecule has 2 atom stereocenters. The Morgan fingerprint density at radius 1 is 1.44 bits per heavy atom. The summed E-state index contributed by atoms with van der Waals surface area (Å²) in [6.07, 6.45) is 2.65. The predicted octanol–water partition coefficient (Wildman–Crippen LogP) is -0.194. The van der Waals surface area contributed by atoms with Gasteiger partial charge in [-0.05, 0) is 26.2 Å². The Hall–Kier alpha value is -1.10. The molecule has 0 spiro atoms. The van der Waals surface area contributed by atoms with Crippen LogP contribution in [0.1, 0.15) is 26.2 Å². The number of nitrogens with one attached hydrogen (secondary N) is 2. The van der Waals surface area contributed by atoms with Crippen molar-refractivity contribution in [3.05, 3.63) is 0 Å². The van der Waals surface area contributed by atoms with Gasteiger partial charge >= 0.3 is 5.97 Å². The van der Waals surface area contributed by atoms with Crippen LogP contribution in [0.4, 0.5) is 0 Å². The highest BCUT2D eigenvalue weighted by Gasteiger charge is 2.35. The van der Waals surface area contributed by atoms with E-state index >= 15 is 0 Å². The maximum Gasteiger partial charge on any atom is 0.323 e. The van der Waals surface area contributed by atoms with Gasteiger partial charge in [-0.15, -0.1) is 0 Å². The second-order valence-corrected chi connectivity index (χ2v) is 4.43. The highest BCUT2D eigenvalue weighted by Crippen LogP contribution is 2.29. The zero-order chi connectivity index (χ0) is 11.5. The molecule has 1 aliphatic carbocycles. The van der Waals surface area contributed by atoms with Crippen LogP contribution in [0, 0.1) is 5.92 Å². The van der Waals surface area contributed by atoms with E-state index in [2.05, 4.69) is 10.6 Å². The van der Waals surface area contributed by atoms with Crippen molar-refractivity contribution in [3.63, 3.8) is 0 Å². The lowest BCUT2D eigenvalue weighted by Gasteiger charge is -2.11. The monoisotopic (exact) mass is 226 g/mol. The number of rotatable bonds is 4. The second kappa shape index (κ2) is 4.82. The molecule has 0 unspecified atom stereocenters. The van der Waals surface area contributed by atoms with Gasteiger partial charge in [0.15, 0.2) is 0 Å². The highest BCUT2D eigenvalue weighted by atomic mass is 16.5. The van der Waals surface area contributed by atoms with E-state index < -0.39 is 0 Å². The van der Waals surface area contributed by atoms with Gasteiger partial charge in [-0.25, -0.2) is 0 Å². The largest absolute Gasteiger partial charge is 0.465 e. The SMILES string of the molecule is CCOC(=O)[C@H]1C[C@@H](NC(=O)C2CC2)CN1. The molecule has 0 aromatic carbocycles. The number of amides is 1. The van der Waals surface area contributed by atoms with E-state index in [1.807, 2.05) is 0 Å². The summed E-state index contributed by atoms with van der Waals surface area (Å²) in [7, 11) is 0. The average molecular weight is 226 g/mol. The first kappa shape index (κ1) is 11.4. The van der Waals surface area contributed by atoms with E-state index in [9.17, 15) is 9.59 Å². The molecule has 0 aromatic heterocycles. The highest BCUT2D eigenvalue weighted by molar-refractivity contribution is 5.81. The number of ether oxygens (including phenoxy) is 1. The number of carbonyl (C=O) groups is 2. The molecule has 0 bridgehead atoms. The van der Waals surface area contributed by atoms with Crippen LogP contribution < -0.4 is 10.6 Å². The molecule has 2 N–H and O–H groups in total. The fourth-order valence-electron chi connectivity index (χ4n) is 1.93. The Morgan fingerprint density at radius 3 is 2.81 bits per heavy atom. The third-order valence-electron chi connectivity index (χ3n) is 3.00. The van der Waals surface area contributed by atoms with Gasteiger partial charge in [0.1, 0.15) is 6.04 Å². The molecule has 2 fully saturated rings. The van der Waals surface area contributed by atoms with E-state index in [0.717, 1.165) is 12.8 Å². The quantitative estimate of drug-likeness (QED) is 0.652. The summed E-state index contributed by atoms with van der Waals surface area (Å²) in [5.41, 5.74) is 0. The summed E-state index contributed by atoms with van der Waals surface area (Å²) in [6.45, 7) is 2.84. The van der Waals surface area contributed by atoms with Crippen molar-refractivity contribution in [1.29, 1.82) is 0 Å². The van der Waals surface area contributed by atoms with Gasteiger partial charge in [-0.1, -0.05) is 0 Å². The third kappa shape index (κ3) is 2.72. The van der Waals surface area contributed by atoms with Crippen molar-refractivity contribution in [2.75, 3.05) is 13.2 Å². The second-order valence-electron chi connectivity index (χ2n) is 4.43. The van der Waals surface area contributed by atoms with E-state index in [4.69, 9.17) is 4.74 Å². The summed E-state index contributed by atoms with van der Waals surface area (Å²) >= 11 is 0. The molecule has 2 rings (SSSR count). The Morgan fingerprint density at radius 2 is 2.19 bits per heavy atom. The van der Waals surface area contributed by atoms with E-state index in [-0.39, 0.29) is 29.9 Å². The first-order chi connectivity index (χ1) is 7.70. The Bertz CT molecular complexity index is 289. The van der Waals surface area contributed by atoms with Crippen molar-refractivity contribution in [2.45, 2.75) is 38.3 Å². The smallest absolute Gasteiger partial charge is 0.323 e. The molecule has 2 aliphatic rings. The van der Waals surface area contributed by atoms with E-state index in [1.54, 1.807) is 6.92 Å². The van der Waals surface area contributed by atoms with Gasteiger partial charge in [0, 0.05) is 18.5 Å². The molecule has 1 saturated heterocycles. The minimum absolute atomic E-state index is 0.0718. The Balaban J connectivity index is 1.74. The van der Waals surface area contributed by atoms with Gasteiger partial charge in [-0.3, -0.25) is 9.59 Å². The van der Waals surface area contributed by atoms with Crippen molar-refractivity contribution < 1.29 is 14.3 Å². The minimum Gasteiger partial charge on any atom is -0.465 e. The van der Waals surface area contributed by atoms with Crippen molar-refractivity contribution in [2.24, 2.45) is 5.92 Å². The Kier molecular flexibility index (Phi) is 3.43. The lowest BCUT2D eigenvalue weighted by molar-refractivity contribution is -0.145. The van der Waals surface area contributed by atoms with Gasteiger partial charge in [0.25, 0.3) is 0 Å². The van der Waals surface area contributed by atoms with Crippen molar-refractivity contribution in [3.8, 4) is 0 Å². The zero-order valence-corrected chi connectivity index (χ0v) is 9.49. The van der Waals surface area contributed by atoms with Gasteiger partial charge < -0.3 is 15.4 Å². The summed E-state index contributed by atoms with van der Waals surface area (Å²) < 4.78 is 4.92. The van der Waals surface area contributed by atoms with Crippen LogP contribution in [0.25, 0.3) is 0 Å². The zero-order valence-electron chi connectivity index (χ0n) is 9.49. The standard InChI is InChI=1S/C11H18N2O3/c1-2-16-11(15)9-5-8(6-12-9)13-10(14)7-3-4-7/h7-9,12H,2-6H2,1H3,(H,13,14)/t8-,9-/m1/s1. The summed E-state index contributed by atoms with van der Waals surface area (Å²) in [6, 6.07) is -0.188. The van der Waals surface area contributed by atoms with Crippen LogP contribution in [0.2, 0.25) is 0 Å². The lowest BCUT2D eigenvalue weighted by Crippen LogP contribution is -2.37. The fraction of sp³-hybridized carbons (Fsp3) is 0.818. The number of esters is 1. The number of hydrogen-bond acceptors (Lipinski definition) is 4. The van der Waals surface area contributed by atoms with Crippen LogP contribution in [0.5, 0.6) is 0 Å². The molecule has 5 nitrogen and oxygen atoms in total. The normalized spacial score (nSPS) is 28.8. The predicted molar refractivity (Wildman–Crippen MR) is 57.7 cm³/mol. The van der Waals surface area contributed by atoms with Crippen molar-refractivity contribution in [1.82, 2.24) is 10.6 Å². The topological polar surface area (TPSA) is 67.4 Å². The fourth-order valence-corrected chi connectivity index (χ4v) is 1.93. The lowest BCUT2D eigenvalue weighted by atomic mass is 10.1. The first-order valence-electron chi connectivity index (χ1n) is 5.91. The number of carbonyl (C=O) groups excluding carboxylic acids is 2. The van der Waals surface area contributed by atoms with E-state index in [1.165, 1.54) is 0 Å². The summed E-state index contributed by atoms with van der Waals surface area (Å²) in [5.74, 6) is 0.142. The van der Waals surface area contributed by atoms with Crippen LogP contribution in [-0.4, -0.2) is 37.1 Å². The van der Waals surface area contributed by atoms with Gasteiger partial charge in [0.2, 0.25) is 5.91 Å². The summed E-state index contributed by atoms with van der Waals surface area (Å²) in [5, 5.41) is 6.03. The van der Waals surface area contributed by atoms with Crippen LogP contribution in [0.15, 0.2) is 0 Å². The molecule has 90 valence electrons. The molecule has 0 aromatic rings. The molecule has 5 heteroatoms. The summed E-state index contributed by atoms with van der Waals surface area (Å²) in [4.78, 5) is 22.9. The maximum atomic E-state index is 11.5. The number of hydrogen-bond donors (Lipinski definition) is 2. The van der Waals surface area contributed by atoms with Crippen molar-refractivity contribution >= 4 is 11.9 Å². The maximum absolute atomic E-state index is 11.5. The van der Waals surface area contributed by atoms with Crippen LogP contribution >= 0.6 is 0 Å². The first-order valence-corrected chi connectivity index (χ1v) is 5.91. The van der Waals surface area contributed by atoms with Crippen LogP contribution in [-0.2, 0) is 14.3 Å². The molecule has 1 saturated carbocycles. The third-order valence-corrected chi connectivity index (χ3v) is 3.00. The molecule has 1 amide bonds. The molecular weight excluding hydrogens is 208 g/mol. The van der Waals surface area contributed by atoms with E-state index in [0.29, 0.717) is 19.6 Å². The molecule has 1 heterocycles. The molecule has 1 aliphatic heterocycles. The Labute approximate surface area is 94.9 Å².